The fourth-order valence-electron chi connectivity index (χ4n) is 1.11. The van der Waals surface area contributed by atoms with Crippen molar-refractivity contribution in [2.24, 2.45) is 0 Å². The highest BCUT2D eigenvalue weighted by Gasteiger charge is 2.13. The van der Waals surface area contributed by atoms with Crippen molar-refractivity contribution >= 4 is 11.9 Å². The number of aromatic amines is 1. The summed E-state index contributed by atoms with van der Waals surface area (Å²) in [5.41, 5.74) is 0. The Labute approximate surface area is 104 Å². The maximum atomic E-state index is 11.5. The van der Waals surface area contributed by atoms with Crippen LogP contribution in [0.1, 0.15) is 36.2 Å². The highest BCUT2D eigenvalue weighted by Crippen LogP contribution is 2.07. The minimum Gasteiger partial charge on any atom is -0.480 e. The van der Waals surface area contributed by atoms with Gasteiger partial charge >= 0.3 is 5.97 Å². The SMILES string of the molecule is CC(C)c1nc(C(=O)NCCOCC(=O)O)n[nH]1. The molecule has 1 aromatic rings. The average Bonchev–Trinajstić information content (AvgIpc) is 2.77. The van der Waals surface area contributed by atoms with Gasteiger partial charge in [0, 0.05) is 12.5 Å². The van der Waals surface area contributed by atoms with E-state index in [1.165, 1.54) is 0 Å². The van der Waals surface area contributed by atoms with Crippen molar-refractivity contribution in [1.29, 1.82) is 0 Å². The second kappa shape index (κ2) is 6.70. The van der Waals surface area contributed by atoms with Crippen LogP contribution in [0.15, 0.2) is 0 Å². The molecule has 3 N–H and O–H groups in total. The summed E-state index contributed by atoms with van der Waals surface area (Å²) in [4.78, 5) is 25.7. The Morgan fingerprint density at radius 1 is 1.50 bits per heavy atom. The van der Waals surface area contributed by atoms with E-state index < -0.39 is 11.9 Å². The van der Waals surface area contributed by atoms with Crippen LogP contribution in [0.25, 0.3) is 0 Å². The number of carbonyl (C=O) groups is 2. The number of hydrogen-bond acceptors (Lipinski definition) is 5. The second-order valence-corrected chi connectivity index (χ2v) is 3.90. The van der Waals surface area contributed by atoms with Crippen molar-refractivity contribution in [2.45, 2.75) is 19.8 Å². The quantitative estimate of drug-likeness (QED) is 0.579. The summed E-state index contributed by atoms with van der Waals surface area (Å²) in [7, 11) is 0. The van der Waals surface area contributed by atoms with Gasteiger partial charge < -0.3 is 15.2 Å². The molecular formula is C10H16N4O4. The lowest BCUT2D eigenvalue weighted by molar-refractivity contribution is -0.142. The molecule has 0 fully saturated rings. The molecule has 0 aliphatic rings. The number of aliphatic carboxylic acids is 1. The van der Waals surface area contributed by atoms with E-state index in [2.05, 4.69) is 20.5 Å². The van der Waals surface area contributed by atoms with E-state index >= 15 is 0 Å². The molecule has 0 radical (unpaired) electrons. The first-order valence-corrected chi connectivity index (χ1v) is 5.50. The summed E-state index contributed by atoms with van der Waals surface area (Å²) < 4.78 is 4.76. The minimum atomic E-state index is -1.04. The van der Waals surface area contributed by atoms with E-state index in [-0.39, 0.29) is 31.5 Å². The van der Waals surface area contributed by atoms with E-state index in [1.807, 2.05) is 13.8 Å². The summed E-state index contributed by atoms with van der Waals surface area (Å²) in [6, 6.07) is 0. The van der Waals surface area contributed by atoms with Crippen LogP contribution in [-0.2, 0) is 9.53 Å². The Bertz CT molecular complexity index is 416. The number of amides is 1. The molecule has 0 spiro atoms. The molecule has 0 aliphatic carbocycles. The molecule has 1 amide bonds. The van der Waals surface area contributed by atoms with E-state index in [4.69, 9.17) is 9.84 Å². The molecule has 0 aromatic carbocycles. The highest BCUT2D eigenvalue weighted by atomic mass is 16.5. The lowest BCUT2D eigenvalue weighted by Crippen LogP contribution is -2.28. The number of H-pyrrole nitrogens is 1. The number of rotatable bonds is 7. The molecule has 8 nitrogen and oxygen atoms in total. The Kier molecular flexibility index (Phi) is 5.25. The number of nitrogens with zero attached hydrogens (tertiary/aromatic N) is 2. The fourth-order valence-corrected chi connectivity index (χ4v) is 1.11. The second-order valence-electron chi connectivity index (χ2n) is 3.90. The Morgan fingerprint density at radius 2 is 2.22 bits per heavy atom. The summed E-state index contributed by atoms with van der Waals surface area (Å²) >= 11 is 0. The molecular weight excluding hydrogens is 240 g/mol. The molecule has 1 rings (SSSR count). The van der Waals surface area contributed by atoms with Crippen LogP contribution in [-0.4, -0.2) is 51.9 Å². The lowest BCUT2D eigenvalue weighted by atomic mass is 10.2. The summed E-state index contributed by atoms with van der Waals surface area (Å²) in [5, 5.41) is 17.3. The normalized spacial score (nSPS) is 10.6. The lowest BCUT2D eigenvalue weighted by Gasteiger charge is -2.02. The van der Waals surface area contributed by atoms with Crippen molar-refractivity contribution in [3.05, 3.63) is 11.6 Å². The third-order valence-corrected chi connectivity index (χ3v) is 2.01. The van der Waals surface area contributed by atoms with E-state index in [9.17, 15) is 9.59 Å². The van der Waals surface area contributed by atoms with E-state index in [1.54, 1.807) is 0 Å². The molecule has 0 saturated heterocycles. The molecule has 8 heteroatoms. The Balaban J connectivity index is 2.29. The van der Waals surface area contributed by atoms with Gasteiger partial charge in [0.25, 0.3) is 5.91 Å². The van der Waals surface area contributed by atoms with Crippen molar-refractivity contribution in [3.8, 4) is 0 Å². The zero-order valence-corrected chi connectivity index (χ0v) is 10.3. The van der Waals surface area contributed by atoms with Crippen molar-refractivity contribution in [3.63, 3.8) is 0 Å². The van der Waals surface area contributed by atoms with Crippen molar-refractivity contribution in [2.75, 3.05) is 19.8 Å². The summed E-state index contributed by atoms with van der Waals surface area (Å²) in [6.07, 6.45) is 0. The molecule has 0 unspecified atom stereocenters. The Hall–Kier alpha value is -1.96. The molecule has 1 heterocycles. The van der Waals surface area contributed by atoms with Gasteiger partial charge in [0.1, 0.15) is 12.4 Å². The number of ether oxygens (including phenoxy) is 1. The maximum Gasteiger partial charge on any atom is 0.329 e. The van der Waals surface area contributed by atoms with Gasteiger partial charge in [-0.3, -0.25) is 9.89 Å². The largest absolute Gasteiger partial charge is 0.480 e. The molecule has 100 valence electrons. The predicted octanol–water partition coefficient (Wildman–Crippen LogP) is -0.241. The van der Waals surface area contributed by atoms with Crippen LogP contribution in [0.4, 0.5) is 0 Å². The molecule has 0 bridgehead atoms. The van der Waals surface area contributed by atoms with Gasteiger partial charge in [-0.25, -0.2) is 9.78 Å². The van der Waals surface area contributed by atoms with Crippen molar-refractivity contribution < 1.29 is 19.4 Å². The molecule has 1 aromatic heterocycles. The predicted molar refractivity (Wildman–Crippen MR) is 61.3 cm³/mol. The first-order valence-electron chi connectivity index (χ1n) is 5.50. The van der Waals surface area contributed by atoms with Crippen LogP contribution in [0.3, 0.4) is 0 Å². The van der Waals surface area contributed by atoms with E-state index in [0.717, 1.165) is 0 Å². The van der Waals surface area contributed by atoms with Gasteiger partial charge in [-0.2, -0.15) is 0 Å². The fraction of sp³-hybridized carbons (Fsp3) is 0.600. The van der Waals surface area contributed by atoms with E-state index in [0.29, 0.717) is 5.82 Å². The third-order valence-electron chi connectivity index (χ3n) is 2.01. The average molecular weight is 256 g/mol. The van der Waals surface area contributed by atoms with Gasteiger partial charge in [0.05, 0.1) is 6.61 Å². The zero-order valence-electron chi connectivity index (χ0n) is 10.3. The van der Waals surface area contributed by atoms with Crippen molar-refractivity contribution in [1.82, 2.24) is 20.5 Å². The zero-order chi connectivity index (χ0) is 13.5. The number of nitrogens with one attached hydrogen (secondary N) is 2. The highest BCUT2D eigenvalue weighted by molar-refractivity contribution is 5.90. The summed E-state index contributed by atoms with van der Waals surface area (Å²) in [6.45, 7) is 3.81. The third kappa shape index (κ3) is 4.50. The number of aromatic nitrogens is 3. The van der Waals surface area contributed by atoms with Crippen LogP contribution in [0.2, 0.25) is 0 Å². The van der Waals surface area contributed by atoms with Crippen LogP contribution >= 0.6 is 0 Å². The monoisotopic (exact) mass is 256 g/mol. The van der Waals surface area contributed by atoms with Crippen LogP contribution in [0, 0.1) is 0 Å². The first-order chi connectivity index (χ1) is 8.50. The van der Waals surface area contributed by atoms with Gasteiger partial charge in [-0.1, -0.05) is 13.8 Å². The minimum absolute atomic E-state index is 0.0666. The number of carboxylic acids is 1. The molecule has 0 saturated carbocycles. The van der Waals surface area contributed by atoms with Gasteiger partial charge in [-0.15, -0.1) is 5.10 Å². The molecule has 0 atom stereocenters. The topological polar surface area (TPSA) is 117 Å². The number of carbonyl (C=O) groups excluding carboxylic acids is 1. The molecule has 18 heavy (non-hydrogen) atoms. The maximum absolute atomic E-state index is 11.5. The number of hydrogen-bond donors (Lipinski definition) is 3. The standard InChI is InChI=1S/C10H16N4O4/c1-6(2)8-12-9(14-13-8)10(17)11-3-4-18-5-7(15)16/h6H,3-5H2,1-2H3,(H,11,17)(H,15,16)(H,12,13,14). The first kappa shape index (κ1) is 14.1. The van der Waals surface area contributed by atoms with Gasteiger partial charge in [0.2, 0.25) is 5.82 Å². The van der Waals surface area contributed by atoms with Gasteiger partial charge in [0.15, 0.2) is 0 Å². The van der Waals surface area contributed by atoms with Crippen LogP contribution < -0.4 is 5.32 Å². The smallest absolute Gasteiger partial charge is 0.329 e. The Morgan fingerprint density at radius 3 is 2.78 bits per heavy atom. The van der Waals surface area contributed by atoms with Gasteiger partial charge in [-0.05, 0) is 0 Å². The summed E-state index contributed by atoms with van der Waals surface area (Å²) in [5.74, 6) is -0.592. The van der Waals surface area contributed by atoms with Crippen LogP contribution in [0.5, 0.6) is 0 Å². The molecule has 0 aliphatic heterocycles. The number of carboxylic acid groups (broad SMARTS) is 1.